The lowest BCUT2D eigenvalue weighted by Crippen LogP contribution is -2.48. The monoisotopic (exact) mass is 412 g/mol. The molecular weight excluding hydrogens is 388 g/mol. The van der Waals surface area contributed by atoms with Crippen LogP contribution in [0.3, 0.4) is 0 Å². The van der Waals surface area contributed by atoms with E-state index in [9.17, 15) is 0 Å². The Hall–Kier alpha value is -1.17. The van der Waals surface area contributed by atoms with Crippen LogP contribution in [0.25, 0.3) is 0 Å². The zero-order valence-electron chi connectivity index (χ0n) is 14.2. The lowest BCUT2D eigenvalue weighted by Gasteiger charge is -2.26. The van der Waals surface area contributed by atoms with E-state index in [-0.39, 0.29) is 6.61 Å². The van der Waals surface area contributed by atoms with Crippen LogP contribution in [-0.2, 0) is 9.47 Å². The van der Waals surface area contributed by atoms with Crippen LogP contribution in [0.4, 0.5) is 0 Å². The molecule has 0 atom stereocenters. The number of aromatic nitrogens is 1. The Labute approximate surface area is 157 Å². The number of aliphatic hydroxyl groups excluding tert-OH is 1. The molecule has 0 bridgehead atoms. The zero-order valence-corrected chi connectivity index (χ0v) is 15.8. The molecule has 0 aromatic carbocycles. The van der Waals surface area contributed by atoms with Gasteiger partial charge >= 0.3 is 0 Å². The molecule has 1 aromatic rings. The van der Waals surface area contributed by atoms with Gasteiger partial charge in [0.05, 0.1) is 19.3 Å². The van der Waals surface area contributed by atoms with E-state index in [1.807, 2.05) is 12.1 Å². The second-order valence-electron chi connectivity index (χ2n) is 5.70. The minimum absolute atomic E-state index is 0.104. The highest BCUT2D eigenvalue weighted by atomic mass is 79.9. The molecule has 2 N–H and O–H groups in total. The second-order valence-corrected chi connectivity index (χ2v) is 6.62. The Morgan fingerprint density at radius 2 is 2.04 bits per heavy atom. The van der Waals surface area contributed by atoms with Gasteiger partial charge in [-0.25, -0.2) is 4.98 Å². The minimum atomic E-state index is -0.104. The number of rotatable bonds is 7. The van der Waals surface area contributed by atoms with Crippen LogP contribution in [0.1, 0.15) is 19.3 Å². The summed E-state index contributed by atoms with van der Waals surface area (Å²) >= 11 is 3.32. The van der Waals surface area contributed by atoms with Crippen LogP contribution in [0, 0.1) is 11.8 Å². The number of halogens is 1. The summed E-state index contributed by atoms with van der Waals surface area (Å²) in [6.07, 6.45) is 6.19. The van der Waals surface area contributed by atoms with E-state index >= 15 is 0 Å². The van der Waals surface area contributed by atoms with Crippen LogP contribution < -0.4 is 10.1 Å². The molecule has 3 rings (SSSR count). The third kappa shape index (κ3) is 8.66. The molecule has 1 aliphatic heterocycles. The normalized spacial score (nSPS) is 16.6. The number of aliphatic hydroxyl groups is 1. The van der Waals surface area contributed by atoms with Crippen molar-refractivity contribution in [2.75, 3.05) is 39.5 Å². The molecule has 0 unspecified atom stereocenters. The average molecular weight is 413 g/mol. The third-order valence-electron chi connectivity index (χ3n) is 3.74. The lowest BCUT2D eigenvalue weighted by atomic mass is 9.96. The van der Waals surface area contributed by atoms with Crippen molar-refractivity contribution in [3.63, 3.8) is 0 Å². The molecular formula is C18H25BrN2O4. The number of ether oxygens (including phenoxy) is 3. The highest BCUT2D eigenvalue weighted by Crippen LogP contribution is 2.24. The molecule has 0 spiro atoms. The number of pyridine rings is 1. The number of hydrogen-bond donors (Lipinski definition) is 2. The Morgan fingerprint density at radius 1 is 1.20 bits per heavy atom. The molecule has 1 saturated carbocycles. The third-order valence-corrected chi connectivity index (χ3v) is 4.21. The number of hydrogen-bond acceptors (Lipinski definition) is 6. The zero-order chi connectivity index (χ0) is 17.7. The fraction of sp³-hybridized carbons (Fsp3) is 0.611. The molecule has 7 heteroatoms. The summed E-state index contributed by atoms with van der Waals surface area (Å²) in [4.78, 5) is 4.13. The summed E-state index contributed by atoms with van der Waals surface area (Å²) in [5.41, 5.74) is 0. The molecule has 2 heterocycles. The van der Waals surface area contributed by atoms with Crippen LogP contribution >= 0.6 is 15.9 Å². The largest absolute Gasteiger partial charge is 0.474 e. The van der Waals surface area contributed by atoms with Gasteiger partial charge in [0.1, 0.15) is 19.3 Å². The molecule has 25 heavy (non-hydrogen) atoms. The van der Waals surface area contributed by atoms with Crippen molar-refractivity contribution < 1.29 is 19.3 Å². The van der Waals surface area contributed by atoms with Crippen molar-refractivity contribution >= 4 is 15.9 Å². The molecule has 0 amide bonds. The first-order valence-electron chi connectivity index (χ1n) is 8.53. The van der Waals surface area contributed by atoms with Crippen molar-refractivity contribution in [3.05, 3.63) is 22.8 Å². The van der Waals surface area contributed by atoms with E-state index in [2.05, 4.69) is 38.1 Å². The Morgan fingerprint density at radius 3 is 2.60 bits per heavy atom. The van der Waals surface area contributed by atoms with Crippen molar-refractivity contribution in [2.45, 2.75) is 31.5 Å². The van der Waals surface area contributed by atoms with E-state index in [1.165, 1.54) is 19.3 Å². The Kier molecular flexibility index (Phi) is 9.85. The van der Waals surface area contributed by atoms with E-state index < -0.39 is 0 Å². The van der Waals surface area contributed by atoms with Gasteiger partial charge in [0.15, 0.2) is 0 Å². The van der Waals surface area contributed by atoms with Gasteiger partial charge in [0.25, 0.3) is 0 Å². The van der Waals surface area contributed by atoms with Gasteiger partial charge in [-0.2, -0.15) is 0 Å². The van der Waals surface area contributed by atoms with Crippen molar-refractivity contribution in [3.8, 4) is 17.7 Å². The second kappa shape index (κ2) is 12.2. The first-order chi connectivity index (χ1) is 12.3. The maximum absolute atomic E-state index is 8.32. The van der Waals surface area contributed by atoms with Gasteiger partial charge in [-0.1, -0.05) is 11.8 Å². The average Bonchev–Trinajstić information content (AvgIpc) is 2.54. The molecule has 1 saturated heterocycles. The fourth-order valence-electron chi connectivity index (χ4n) is 1.98. The molecule has 1 aliphatic carbocycles. The minimum Gasteiger partial charge on any atom is -0.474 e. The van der Waals surface area contributed by atoms with Gasteiger partial charge in [-0.3, -0.25) is 0 Å². The summed E-state index contributed by atoms with van der Waals surface area (Å²) in [5.74, 6) is 5.90. The molecule has 0 radical (unpaired) electrons. The van der Waals surface area contributed by atoms with E-state index in [4.69, 9.17) is 19.3 Å². The molecule has 138 valence electrons. The van der Waals surface area contributed by atoms with Gasteiger partial charge in [-0.15, -0.1) is 0 Å². The van der Waals surface area contributed by atoms with Crippen LogP contribution in [0.2, 0.25) is 0 Å². The molecule has 2 aliphatic rings. The Balaban J connectivity index is 0.000000181. The first kappa shape index (κ1) is 20.1. The molecule has 1 aromatic heterocycles. The predicted octanol–water partition coefficient (Wildman–Crippen LogP) is 1.76. The van der Waals surface area contributed by atoms with Gasteiger partial charge in [-0.05, 0) is 41.3 Å². The topological polar surface area (TPSA) is 72.8 Å². The fourth-order valence-corrected chi connectivity index (χ4v) is 2.21. The Bertz CT molecular complexity index is 536. The summed E-state index contributed by atoms with van der Waals surface area (Å²) in [6.45, 7) is 3.35. The van der Waals surface area contributed by atoms with E-state index in [1.54, 1.807) is 6.20 Å². The predicted molar refractivity (Wildman–Crippen MR) is 98.5 cm³/mol. The standard InChI is InChI=1S/C9H10BrNO.C9H15NO3/c10-7-4-5-9(11-6-7)12-8-2-1-3-8;11-3-1-2-4-12-5-6-13-9-7-10-8-9/h4-6,8H,1-3H2;9-11H,3-8H2. The smallest absolute Gasteiger partial charge is 0.213 e. The van der Waals surface area contributed by atoms with Gasteiger partial charge in [0.2, 0.25) is 5.88 Å². The van der Waals surface area contributed by atoms with E-state index in [0.717, 1.165) is 23.4 Å². The van der Waals surface area contributed by atoms with Crippen LogP contribution in [0.5, 0.6) is 5.88 Å². The van der Waals surface area contributed by atoms with Crippen molar-refractivity contribution in [1.82, 2.24) is 10.3 Å². The molecule has 6 nitrogen and oxygen atoms in total. The quantitative estimate of drug-likeness (QED) is 0.525. The maximum Gasteiger partial charge on any atom is 0.213 e. The maximum atomic E-state index is 8.32. The van der Waals surface area contributed by atoms with Crippen molar-refractivity contribution in [2.24, 2.45) is 0 Å². The summed E-state index contributed by atoms with van der Waals surface area (Å²) in [6, 6.07) is 3.84. The lowest BCUT2D eigenvalue weighted by molar-refractivity contribution is -0.0117. The SMILES string of the molecule is Brc1ccc(OC2CCC2)nc1.OCC#CCOCCOC1CNC1. The summed E-state index contributed by atoms with van der Waals surface area (Å²) < 4.78 is 17.1. The van der Waals surface area contributed by atoms with Gasteiger partial charge in [0, 0.05) is 29.8 Å². The van der Waals surface area contributed by atoms with E-state index in [0.29, 0.717) is 32.0 Å². The molecule has 2 fully saturated rings. The summed E-state index contributed by atoms with van der Waals surface area (Å²) in [7, 11) is 0. The van der Waals surface area contributed by atoms with Crippen molar-refractivity contribution in [1.29, 1.82) is 0 Å². The highest BCUT2D eigenvalue weighted by Gasteiger charge is 2.19. The van der Waals surface area contributed by atoms with Gasteiger partial charge < -0.3 is 24.6 Å². The number of nitrogens with zero attached hydrogens (tertiary/aromatic N) is 1. The van der Waals surface area contributed by atoms with Crippen LogP contribution in [-0.4, -0.2) is 61.8 Å². The highest BCUT2D eigenvalue weighted by molar-refractivity contribution is 9.10. The summed E-state index contributed by atoms with van der Waals surface area (Å²) in [5, 5.41) is 11.4. The number of nitrogens with one attached hydrogen (secondary N) is 1. The first-order valence-corrected chi connectivity index (χ1v) is 9.32. The van der Waals surface area contributed by atoms with Crippen LogP contribution in [0.15, 0.2) is 22.8 Å².